The summed E-state index contributed by atoms with van der Waals surface area (Å²) in [5.74, 6) is 1.38. The van der Waals surface area contributed by atoms with Crippen molar-refractivity contribution >= 4 is 6.29 Å². The number of nitrogens with one attached hydrogen (secondary N) is 1. The quantitative estimate of drug-likeness (QED) is 0.818. The molecule has 5 heteroatoms. The summed E-state index contributed by atoms with van der Waals surface area (Å²) in [6.45, 7) is 0. The second-order valence-corrected chi connectivity index (χ2v) is 3.39. The van der Waals surface area contributed by atoms with E-state index in [0.717, 1.165) is 5.56 Å². The number of aldehydes is 1. The molecule has 1 aromatic carbocycles. The number of nitrogens with zero attached hydrogens (tertiary/aromatic N) is 1. The molecule has 0 aliphatic rings. The van der Waals surface area contributed by atoms with Crippen molar-refractivity contribution in [2.75, 3.05) is 14.2 Å². The standard InChI is InChI=1S/C12H12N2O3/c1-16-9-3-4-12(17-2)10(6-9)11-5-8(7-15)13-14-11/h3-7H,1-2H3,(H,13,14). The zero-order valence-corrected chi connectivity index (χ0v) is 9.56. The molecule has 0 saturated heterocycles. The van der Waals surface area contributed by atoms with Crippen LogP contribution in [0.3, 0.4) is 0 Å². The Morgan fingerprint density at radius 1 is 1.24 bits per heavy atom. The third-order valence-corrected chi connectivity index (χ3v) is 2.41. The first-order chi connectivity index (χ1) is 8.28. The monoisotopic (exact) mass is 232 g/mol. The zero-order chi connectivity index (χ0) is 12.3. The maximum atomic E-state index is 10.6. The van der Waals surface area contributed by atoms with Gasteiger partial charge in [0.25, 0.3) is 0 Å². The van der Waals surface area contributed by atoms with Crippen LogP contribution in [0.4, 0.5) is 0 Å². The maximum absolute atomic E-state index is 10.6. The van der Waals surface area contributed by atoms with Crippen molar-refractivity contribution in [1.29, 1.82) is 0 Å². The highest BCUT2D eigenvalue weighted by molar-refractivity contribution is 5.77. The van der Waals surface area contributed by atoms with Crippen molar-refractivity contribution in [3.8, 4) is 22.8 Å². The van der Waals surface area contributed by atoms with Gasteiger partial charge in [-0.2, -0.15) is 5.10 Å². The van der Waals surface area contributed by atoms with Gasteiger partial charge in [-0.25, -0.2) is 0 Å². The first kappa shape index (κ1) is 11.2. The van der Waals surface area contributed by atoms with E-state index in [0.29, 0.717) is 29.2 Å². The molecule has 0 fully saturated rings. The van der Waals surface area contributed by atoms with Gasteiger partial charge in [-0.05, 0) is 24.3 Å². The Balaban J connectivity index is 2.51. The smallest absolute Gasteiger partial charge is 0.167 e. The number of aromatic nitrogens is 2. The van der Waals surface area contributed by atoms with Gasteiger partial charge in [0.05, 0.1) is 25.6 Å². The minimum absolute atomic E-state index is 0.421. The topological polar surface area (TPSA) is 64.2 Å². The molecule has 0 unspecified atom stereocenters. The van der Waals surface area contributed by atoms with Crippen molar-refractivity contribution in [2.24, 2.45) is 0 Å². The SMILES string of the molecule is COc1ccc(OC)c(-c2cc(C=O)[nH]n2)c1. The molecule has 0 saturated carbocycles. The lowest BCUT2D eigenvalue weighted by atomic mass is 10.1. The third-order valence-electron chi connectivity index (χ3n) is 2.41. The van der Waals surface area contributed by atoms with Crippen molar-refractivity contribution in [3.63, 3.8) is 0 Å². The zero-order valence-electron chi connectivity index (χ0n) is 9.56. The third kappa shape index (κ3) is 2.13. The van der Waals surface area contributed by atoms with Crippen molar-refractivity contribution in [1.82, 2.24) is 10.2 Å². The molecule has 88 valence electrons. The number of aromatic amines is 1. The van der Waals surface area contributed by atoms with E-state index in [-0.39, 0.29) is 0 Å². The van der Waals surface area contributed by atoms with Crippen LogP contribution in [0.1, 0.15) is 10.5 Å². The molecule has 2 rings (SSSR count). The van der Waals surface area contributed by atoms with Crippen molar-refractivity contribution in [3.05, 3.63) is 30.0 Å². The summed E-state index contributed by atoms with van der Waals surface area (Å²) in [5.41, 5.74) is 1.84. The van der Waals surface area contributed by atoms with E-state index >= 15 is 0 Å². The number of carbonyl (C=O) groups excluding carboxylic acids is 1. The van der Waals surface area contributed by atoms with Gasteiger partial charge in [-0.3, -0.25) is 9.89 Å². The predicted octanol–water partition coefficient (Wildman–Crippen LogP) is 1.91. The van der Waals surface area contributed by atoms with Crippen LogP contribution in [-0.2, 0) is 0 Å². The van der Waals surface area contributed by atoms with Gasteiger partial charge in [0, 0.05) is 5.56 Å². The van der Waals surface area contributed by atoms with E-state index in [1.165, 1.54) is 0 Å². The molecule has 0 atom stereocenters. The Bertz CT molecular complexity index is 534. The van der Waals surface area contributed by atoms with Crippen LogP contribution in [0.25, 0.3) is 11.3 Å². The number of rotatable bonds is 4. The number of ether oxygens (including phenoxy) is 2. The highest BCUT2D eigenvalue weighted by Crippen LogP contribution is 2.32. The summed E-state index contributed by atoms with van der Waals surface area (Å²) in [4.78, 5) is 10.6. The van der Waals surface area contributed by atoms with Crippen LogP contribution in [0.15, 0.2) is 24.3 Å². The number of carbonyl (C=O) groups is 1. The van der Waals surface area contributed by atoms with Gasteiger partial charge in [-0.15, -0.1) is 0 Å². The van der Waals surface area contributed by atoms with Gasteiger partial charge in [0.2, 0.25) is 0 Å². The Morgan fingerprint density at radius 3 is 2.65 bits per heavy atom. The molecule has 0 aliphatic heterocycles. The molecular formula is C12H12N2O3. The largest absolute Gasteiger partial charge is 0.497 e. The molecule has 2 aromatic rings. The van der Waals surface area contributed by atoms with Crippen LogP contribution in [0.5, 0.6) is 11.5 Å². The Labute approximate surface area is 98.4 Å². The first-order valence-corrected chi connectivity index (χ1v) is 5.01. The lowest BCUT2D eigenvalue weighted by molar-refractivity contribution is 0.111. The number of benzene rings is 1. The molecule has 0 amide bonds. The molecule has 17 heavy (non-hydrogen) atoms. The average molecular weight is 232 g/mol. The second-order valence-electron chi connectivity index (χ2n) is 3.39. The molecule has 0 radical (unpaired) electrons. The van der Waals surface area contributed by atoms with E-state index in [4.69, 9.17) is 9.47 Å². The second kappa shape index (κ2) is 4.69. The maximum Gasteiger partial charge on any atom is 0.167 e. The predicted molar refractivity (Wildman–Crippen MR) is 62.5 cm³/mol. The minimum Gasteiger partial charge on any atom is -0.497 e. The van der Waals surface area contributed by atoms with Crippen molar-refractivity contribution in [2.45, 2.75) is 0 Å². The molecule has 0 spiro atoms. The summed E-state index contributed by atoms with van der Waals surface area (Å²) in [6.07, 6.45) is 0.711. The van der Waals surface area contributed by atoms with E-state index in [1.54, 1.807) is 32.4 Å². The fraction of sp³-hybridized carbons (Fsp3) is 0.167. The lowest BCUT2D eigenvalue weighted by Crippen LogP contribution is -1.90. The molecule has 5 nitrogen and oxygen atoms in total. The van der Waals surface area contributed by atoms with Gasteiger partial charge in [0.15, 0.2) is 6.29 Å². The molecule has 1 heterocycles. The number of H-pyrrole nitrogens is 1. The van der Waals surface area contributed by atoms with E-state index in [9.17, 15) is 4.79 Å². The summed E-state index contributed by atoms with van der Waals surface area (Å²) in [6, 6.07) is 7.06. The summed E-state index contributed by atoms with van der Waals surface area (Å²) < 4.78 is 10.4. The summed E-state index contributed by atoms with van der Waals surface area (Å²) in [7, 11) is 3.17. The van der Waals surface area contributed by atoms with Crippen LogP contribution < -0.4 is 9.47 Å². The van der Waals surface area contributed by atoms with Gasteiger partial charge < -0.3 is 9.47 Å². The fourth-order valence-electron chi connectivity index (χ4n) is 1.55. The Kier molecular flexibility index (Phi) is 3.09. The van der Waals surface area contributed by atoms with Crippen LogP contribution in [-0.4, -0.2) is 30.7 Å². The summed E-state index contributed by atoms with van der Waals surface area (Å²) >= 11 is 0. The molecule has 0 bridgehead atoms. The molecular weight excluding hydrogens is 220 g/mol. The highest BCUT2D eigenvalue weighted by Gasteiger charge is 2.10. The van der Waals surface area contributed by atoms with Gasteiger partial charge in [0.1, 0.15) is 11.5 Å². The normalized spacial score (nSPS) is 10.0. The van der Waals surface area contributed by atoms with Gasteiger partial charge in [-0.1, -0.05) is 0 Å². The molecule has 1 N–H and O–H groups in total. The van der Waals surface area contributed by atoms with Crippen LogP contribution >= 0.6 is 0 Å². The number of hydrogen-bond acceptors (Lipinski definition) is 4. The minimum atomic E-state index is 0.421. The first-order valence-electron chi connectivity index (χ1n) is 5.01. The Hall–Kier alpha value is -2.30. The van der Waals surface area contributed by atoms with E-state index in [2.05, 4.69) is 10.2 Å². The van der Waals surface area contributed by atoms with Crippen molar-refractivity contribution < 1.29 is 14.3 Å². The molecule has 1 aromatic heterocycles. The molecule has 0 aliphatic carbocycles. The lowest BCUT2D eigenvalue weighted by Gasteiger charge is -2.08. The van der Waals surface area contributed by atoms with E-state index < -0.39 is 0 Å². The summed E-state index contributed by atoms with van der Waals surface area (Å²) in [5, 5.41) is 6.68. The number of hydrogen-bond donors (Lipinski definition) is 1. The van der Waals surface area contributed by atoms with Gasteiger partial charge >= 0.3 is 0 Å². The number of methoxy groups -OCH3 is 2. The fourth-order valence-corrected chi connectivity index (χ4v) is 1.55. The highest BCUT2D eigenvalue weighted by atomic mass is 16.5. The van der Waals surface area contributed by atoms with Crippen LogP contribution in [0.2, 0.25) is 0 Å². The van der Waals surface area contributed by atoms with Crippen LogP contribution in [0, 0.1) is 0 Å². The average Bonchev–Trinajstić information content (AvgIpc) is 2.86. The van der Waals surface area contributed by atoms with E-state index in [1.807, 2.05) is 6.07 Å². The Morgan fingerprint density at radius 2 is 2.06 bits per heavy atom.